The van der Waals surface area contributed by atoms with Crippen LogP contribution in [0.15, 0.2) is 0 Å². The molecule has 2 rings (SSSR count). The molecule has 4 heteroatoms. The van der Waals surface area contributed by atoms with Crippen molar-refractivity contribution in [1.29, 1.82) is 0 Å². The van der Waals surface area contributed by atoms with Crippen molar-refractivity contribution < 1.29 is 4.79 Å². The molecular weight excluding hydrogens is 244 g/mol. The van der Waals surface area contributed by atoms with Gasteiger partial charge < -0.3 is 10.2 Å². The Bertz CT molecular complexity index is 271. The van der Waals surface area contributed by atoms with Gasteiger partial charge in [0.2, 0.25) is 5.91 Å². The fourth-order valence-corrected chi connectivity index (χ4v) is 4.06. The van der Waals surface area contributed by atoms with Crippen LogP contribution in [-0.2, 0) is 4.79 Å². The van der Waals surface area contributed by atoms with Gasteiger partial charge in [0.1, 0.15) is 0 Å². The average molecular weight is 270 g/mol. The van der Waals surface area contributed by atoms with Crippen LogP contribution < -0.4 is 5.32 Å². The molecule has 0 spiro atoms. The average Bonchev–Trinajstić information content (AvgIpc) is 2.90. The van der Waals surface area contributed by atoms with Crippen molar-refractivity contribution in [2.24, 2.45) is 0 Å². The highest BCUT2D eigenvalue weighted by Crippen LogP contribution is 2.28. The summed E-state index contributed by atoms with van der Waals surface area (Å²) in [5.74, 6) is 1.53. The number of hydrogen-bond donors (Lipinski definition) is 1. The molecule has 2 aliphatic rings. The third kappa shape index (κ3) is 3.64. The molecule has 0 saturated carbocycles. The normalized spacial score (nSPS) is 28.6. The van der Waals surface area contributed by atoms with Gasteiger partial charge in [-0.05, 0) is 51.8 Å². The van der Waals surface area contributed by atoms with Gasteiger partial charge in [0.25, 0.3) is 0 Å². The van der Waals surface area contributed by atoms with Crippen LogP contribution >= 0.6 is 11.8 Å². The molecule has 1 N–H and O–H groups in total. The van der Waals surface area contributed by atoms with E-state index >= 15 is 0 Å². The number of nitrogens with one attached hydrogen (secondary N) is 1. The number of carbonyl (C=O) groups is 1. The lowest BCUT2D eigenvalue weighted by Gasteiger charge is -2.34. The van der Waals surface area contributed by atoms with Gasteiger partial charge in [0.05, 0.1) is 5.25 Å². The Morgan fingerprint density at radius 2 is 2.17 bits per heavy atom. The Morgan fingerprint density at radius 1 is 1.33 bits per heavy atom. The van der Waals surface area contributed by atoms with Crippen molar-refractivity contribution in [1.82, 2.24) is 10.2 Å². The Morgan fingerprint density at radius 3 is 2.72 bits per heavy atom. The number of nitrogens with zero attached hydrogens (tertiary/aromatic N) is 1. The standard InChI is InChI=1S/C14H26N2OS/c1-11(2)16(10-12-6-3-4-8-15-12)14(17)13-7-5-9-18-13/h11-13,15H,3-10H2,1-2H3. The zero-order chi connectivity index (χ0) is 13.0. The zero-order valence-corrected chi connectivity index (χ0v) is 12.5. The SMILES string of the molecule is CC(C)N(CC1CCCCN1)C(=O)C1CCCS1. The molecule has 0 aromatic carbocycles. The summed E-state index contributed by atoms with van der Waals surface area (Å²) in [6.45, 7) is 6.29. The van der Waals surface area contributed by atoms with Crippen LogP contribution in [0.3, 0.4) is 0 Å². The Balaban J connectivity index is 1.91. The third-order valence-electron chi connectivity index (χ3n) is 3.94. The van der Waals surface area contributed by atoms with Gasteiger partial charge in [-0.2, -0.15) is 0 Å². The van der Waals surface area contributed by atoms with Crippen LogP contribution in [0.1, 0.15) is 46.0 Å². The van der Waals surface area contributed by atoms with E-state index in [1.54, 1.807) is 0 Å². The molecule has 2 fully saturated rings. The number of piperidine rings is 1. The fourth-order valence-electron chi connectivity index (χ4n) is 2.83. The van der Waals surface area contributed by atoms with Gasteiger partial charge in [0.15, 0.2) is 0 Å². The first-order chi connectivity index (χ1) is 8.68. The zero-order valence-electron chi connectivity index (χ0n) is 11.7. The quantitative estimate of drug-likeness (QED) is 0.850. The first-order valence-corrected chi connectivity index (χ1v) is 8.39. The minimum atomic E-state index is 0.232. The van der Waals surface area contributed by atoms with Gasteiger partial charge in [0, 0.05) is 18.6 Å². The van der Waals surface area contributed by atoms with Gasteiger partial charge in [-0.25, -0.2) is 0 Å². The predicted octanol–water partition coefficient (Wildman–Crippen LogP) is 2.26. The lowest BCUT2D eigenvalue weighted by molar-refractivity contribution is -0.132. The minimum absolute atomic E-state index is 0.232. The third-order valence-corrected chi connectivity index (χ3v) is 5.31. The predicted molar refractivity (Wildman–Crippen MR) is 78.0 cm³/mol. The molecule has 1 amide bonds. The van der Waals surface area contributed by atoms with Gasteiger partial charge in [-0.1, -0.05) is 6.42 Å². The summed E-state index contributed by atoms with van der Waals surface area (Å²) < 4.78 is 0. The topological polar surface area (TPSA) is 32.3 Å². The van der Waals surface area contributed by atoms with Crippen molar-refractivity contribution in [2.75, 3.05) is 18.8 Å². The molecule has 2 heterocycles. The first-order valence-electron chi connectivity index (χ1n) is 7.34. The molecule has 2 atom stereocenters. The Kier molecular flexibility index (Phi) is 5.37. The molecule has 2 unspecified atom stereocenters. The lowest BCUT2D eigenvalue weighted by Crippen LogP contribution is -2.50. The molecule has 2 aliphatic heterocycles. The Hall–Kier alpha value is -0.220. The molecular formula is C14H26N2OS. The van der Waals surface area contributed by atoms with Crippen LogP contribution in [0.4, 0.5) is 0 Å². The summed E-state index contributed by atoms with van der Waals surface area (Å²) in [4.78, 5) is 14.6. The first kappa shape index (κ1) is 14.2. The molecule has 0 aliphatic carbocycles. The van der Waals surface area contributed by atoms with Crippen LogP contribution in [0, 0.1) is 0 Å². The summed E-state index contributed by atoms with van der Waals surface area (Å²) in [6.07, 6.45) is 6.08. The molecule has 0 aromatic rings. The van der Waals surface area contributed by atoms with E-state index in [1.807, 2.05) is 11.8 Å². The van der Waals surface area contributed by atoms with E-state index in [0.29, 0.717) is 18.0 Å². The van der Waals surface area contributed by atoms with Crippen LogP contribution in [-0.4, -0.2) is 47.0 Å². The molecule has 0 bridgehead atoms. The van der Waals surface area contributed by atoms with Crippen molar-refractivity contribution in [3.05, 3.63) is 0 Å². The van der Waals surface area contributed by atoms with E-state index in [2.05, 4.69) is 24.1 Å². The van der Waals surface area contributed by atoms with Crippen molar-refractivity contribution in [3.63, 3.8) is 0 Å². The van der Waals surface area contributed by atoms with E-state index in [1.165, 1.54) is 25.7 Å². The molecule has 104 valence electrons. The molecule has 18 heavy (non-hydrogen) atoms. The number of thioether (sulfide) groups is 1. The van der Waals surface area contributed by atoms with Crippen LogP contribution in [0.2, 0.25) is 0 Å². The van der Waals surface area contributed by atoms with E-state index in [9.17, 15) is 4.79 Å². The van der Waals surface area contributed by atoms with Gasteiger partial charge in [-0.15, -0.1) is 11.8 Å². The number of amides is 1. The number of hydrogen-bond acceptors (Lipinski definition) is 3. The largest absolute Gasteiger partial charge is 0.338 e. The Labute approximate surface area is 115 Å². The second kappa shape index (κ2) is 6.80. The monoisotopic (exact) mass is 270 g/mol. The van der Waals surface area contributed by atoms with E-state index in [4.69, 9.17) is 0 Å². The van der Waals surface area contributed by atoms with E-state index in [-0.39, 0.29) is 5.25 Å². The molecule has 0 radical (unpaired) electrons. The van der Waals surface area contributed by atoms with Gasteiger partial charge >= 0.3 is 0 Å². The highest BCUT2D eigenvalue weighted by atomic mass is 32.2. The summed E-state index contributed by atoms with van der Waals surface area (Å²) in [7, 11) is 0. The number of rotatable bonds is 4. The maximum Gasteiger partial charge on any atom is 0.235 e. The summed E-state index contributed by atoms with van der Waals surface area (Å²) in [5.41, 5.74) is 0. The highest BCUT2D eigenvalue weighted by molar-refractivity contribution is 8.00. The number of carbonyl (C=O) groups excluding carboxylic acids is 1. The van der Waals surface area contributed by atoms with Gasteiger partial charge in [-0.3, -0.25) is 4.79 Å². The second-order valence-electron chi connectivity index (χ2n) is 5.73. The second-order valence-corrected chi connectivity index (χ2v) is 7.04. The molecule has 3 nitrogen and oxygen atoms in total. The van der Waals surface area contributed by atoms with Crippen molar-refractivity contribution >= 4 is 17.7 Å². The lowest BCUT2D eigenvalue weighted by atomic mass is 10.0. The summed E-state index contributed by atoms with van der Waals surface area (Å²) in [5, 5.41) is 3.78. The smallest absolute Gasteiger partial charge is 0.235 e. The van der Waals surface area contributed by atoms with Crippen molar-refractivity contribution in [3.8, 4) is 0 Å². The van der Waals surface area contributed by atoms with Crippen molar-refractivity contribution in [2.45, 2.75) is 63.3 Å². The van der Waals surface area contributed by atoms with Crippen LogP contribution in [0.25, 0.3) is 0 Å². The fraction of sp³-hybridized carbons (Fsp3) is 0.929. The van der Waals surface area contributed by atoms with E-state index in [0.717, 1.165) is 25.3 Å². The minimum Gasteiger partial charge on any atom is -0.338 e. The maximum atomic E-state index is 12.5. The molecule has 2 saturated heterocycles. The van der Waals surface area contributed by atoms with E-state index < -0.39 is 0 Å². The maximum absolute atomic E-state index is 12.5. The summed E-state index contributed by atoms with van der Waals surface area (Å²) >= 11 is 1.85. The van der Waals surface area contributed by atoms with Crippen LogP contribution in [0.5, 0.6) is 0 Å². The summed E-state index contributed by atoms with van der Waals surface area (Å²) in [6, 6.07) is 0.832. The highest BCUT2D eigenvalue weighted by Gasteiger charge is 2.30. The molecule has 0 aromatic heterocycles.